The van der Waals surface area contributed by atoms with Crippen molar-refractivity contribution in [2.75, 3.05) is 25.0 Å². The Morgan fingerprint density at radius 3 is 2.45 bits per heavy atom. The van der Waals surface area contributed by atoms with E-state index in [1.807, 2.05) is 19.1 Å². The summed E-state index contributed by atoms with van der Waals surface area (Å²) in [5.74, 6) is -0.666. The lowest BCUT2D eigenvalue weighted by molar-refractivity contribution is -0.149. The van der Waals surface area contributed by atoms with Crippen LogP contribution in [0.5, 0.6) is 0 Å². The van der Waals surface area contributed by atoms with Crippen LogP contribution in [-0.4, -0.2) is 53.2 Å². The van der Waals surface area contributed by atoms with E-state index in [9.17, 15) is 22.8 Å². The Morgan fingerprint density at radius 2 is 1.82 bits per heavy atom. The van der Waals surface area contributed by atoms with Gasteiger partial charge in [0, 0.05) is 22.8 Å². The van der Waals surface area contributed by atoms with E-state index in [4.69, 9.17) is 16.3 Å². The zero-order valence-corrected chi connectivity index (χ0v) is 23.2. The van der Waals surface area contributed by atoms with Crippen molar-refractivity contribution in [2.45, 2.75) is 70.8 Å². The third kappa shape index (κ3) is 5.30. The Morgan fingerprint density at radius 1 is 1.13 bits per heavy atom. The van der Waals surface area contributed by atoms with Gasteiger partial charge in [0.25, 0.3) is 5.91 Å². The van der Waals surface area contributed by atoms with E-state index in [0.717, 1.165) is 16.0 Å². The van der Waals surface area contributed by atoms with E-state index < -0.39 is 41.4 Å². The number of ether oxygens (including phenoxy) is 1. The maximum Gasteiger partial charge on any atom is 0.410 e. The Hall–Kier alpha value is -2.94. The number of likely N-dealkylation sites (tertiary alicyclic amines) is 1. The van der Waals surface area contributed by atoms with Crippen LogP contribution in [0.2, 0.25) is 5.02 Å². The molecule has 0 bridgehead atoms. The molecule has 206 valence electrons. The summed E-state index contributed by atoms with van der Waals surface area (Å²) < 4.78 is 45.3. The molecule has 4 rings (SSSR count). The second kappa shape index (κ2) is 9.36. The van der Waals surface area contributed by atoms with Crippen molar-refractivity contribution in [3.63, 3.8) is 0 Å². The Bertz CT molecular complexity index is 1270. The average molecular weight is 552 g/mol. The van der Waals surface area contributed by atoms with Gasteiger partial charge in [-0.2, -0.15) is 13.2 Å². The van der Waals surface area contributed by atoms with Gasteiger partial charge in [0.05, 0.1) is 17.6 Å². The molecule has 2 aromatic rings. The fourth-order valence-corrected chi connectivity index (χ4v) is 5.58. The Kier molecular flexibility index (Phi) is 6.92. The molecule has 1 fully saturated rings. The van der Waals surface area contributed by atoms with Gasteiger partial charge in [-0.25, -0.2) is 4.79 Å². The first-order valence-electron chi connectivity index (χ1n) is 12.5. The smallest absolute Gasteiger partial charge is 0.410 e. The lowest BCUT2D eigenvalue weighted by Gasteiger charge is -2.34. The minimum atomic E-state index is -4.51. The molecule has 2 heterocycles. The summed E-state index contributed by atoms with van der Waals surface area (Å²) in [6.45, 7) is 9.91. The fraction of sp³-hybridized carbons (Fsp3) is 0.500. The van der Waals surface area contributed by atoms with Crippen LogP contribution in [0.4, 0.5) is 23.7 Å². The van der Waals surface area contributed by atoms with Crippen molar-refractivity contribution in [2.24, 2.45) is 0 Å². The van der Waals surface area contributed by atoms with Crippen molar-refractivity contribution in [1.29, 1.82) is 0 Å². The monoisotopic (exact) mass is 551 g/mol. The van der Waals surface area contributed by atoms with Gasteiger partial charge >= 0.3 is 12.3 Å². The molecule has 0 spiro atoms. The molecule has 2 amide bonds. The quantitative estimate of drug-likeness (QED) is 0.451. The first-order valence-corrected chi connectivity index (χ1v) is 12.9. The number of anilines is 1. The fourth-order valence-electron chi connectivity index (χ4n) is 5.41. The number of fused-ring (bicyclic) bond motifs is 1. The molecule has 2 aliphatic heterocycles. The zero-order valence-electron chi connectivity index (χ0n) is 22.4. The van der Waals surface area contributed by atoms with Gasteiger partial charge in [-0.15, -0.1) is 0 Å². The van der Waals surface area contributed by atoms with Crippen LogP contribution in [0.25, 0.3) is 0 Å². The molecule has 38 heavy (non-hydrogen) atoms. The van der Waals surface area contributed by atoms with Gasteiger partial charge in [-0.3, -0.25) is 4.79 Å². The summed E-state index contributed by atoms with van der Waals surface area (Å²) in [6, 6.07) is 10.6. The van der Waals surface area contributed by atoms with Gasteiger partial charge in [-0.05, 0) is 82.9 Å². The highest BCUT2D eigenvalue weighted by Gasteiger charge is 2.48. The number of hydrogen-bond donors (Lipinski definition) is 1. The van der Waals surface area contributed by atoms with E-state index in [0.29, 0.717) is 29.2 Å². The number of alkyl halides is 3. The normalized spacial score (nSPS) is 21.1. The van der Waals surface area contributed by atoms with Gasteiger partial charge in [0.1, 0.15) is 12.1 Å². The van der Waals surface area contributed by atoms with E-state index in [-0.39, 0.29) is 12.1 Å². The second-order valence-electron chi connectivity index (χ2n) is 11.6. The largest absolute Gasteiger partial charge is 0.444 e. The van der Waals surface area contributed by atoms with Crippen molar-refractivity contribution in [3.05, 3.63) is 63.7 Å². The van der Waals surface area contributed by atoms with E-state index >= 15 is 0 Å². The molecule has 1 unspecified atom stereocenters. The maximum absolute atomic E-state index is 13.3. The predicted octanol–water partition coefficient (Wildman–Crippen LogP) is 6.85. The topological polar surface area (TPSA) is 61.9 Å². The lowest BCUT2D eigenvalue weighted by Crippen LogP contribution is -2.44. The second-order valence-corrected chi connectivity index (χ2v) is 12.0. The van der Waals surface area contributed by atoms with Crippen molar-refractivity contribution < 1.29 is 27.5 Å². The number of carbonyl (C=O) groups is 2. The number of benzene rings is 2. The first-order chi connectivity index (χ1) is 17.4. The summed E-state index contributed by atoms with van der Waals surface area (Å²) in [6.07, 6.45) is -4.42. The number of carbonyl (C=O) groups excluding carboxylic acids is 2. The molecular formula is C28H33ClF3N3O3. The number of hydrogen-bond acceptors (Lipinski definition) is 4. The summed E-state index contributed by atoms with van der Waals surface area (Å²) in [5, 5.41) is 4.10. The highest BCUT2D eigenvalue weighted by Crippen LogP contribution is 2.44. The third-order valence-electron chi connectivity index (χ3n) is 7.25. The minimum absolute atomic E-state index is 0.226. The molecule has 0 aliphatic carbocycles. The van der Waals surface area contributed by atoms with E-state index in [1.165, 1.54) is 0 Å². The highest BCUT2D eigenvalue weighted by atomic mass is 35.5. The van der Waals surface area contributed by atoms with Crippen LogP contribution in [0, 0.1) is 6.92 Å². The van der Waals surface area contributed by atoms with Gasteiger partial charge in [-0.1, -0.05) is 29.8 Å². The van der Waals surface area contributed by atoms with Crippen molar-refractivity contribution in [3.8, 4) is 0 Å². The predicted molar refractivity (Wildman–Crippen MR) is 140 cm³/mol. The van der Waals surface area contributed by atoms with Crippen molar-refractivity contribution >= 4 is 29.3 Å². The summed E-state index contributed by atoms with van der Waals surface area (Å²) in [4.78, 5) is 28.5. The van der Waals surface area contributed by atoms with Gasteiger partial charge in [0.2, 0.25) is 0 Å². The van der Waals surface area contributed by atoms with Crippen LogP contribution < -0.4 is 5.32 Å². The summed E-state index contributed by atoms with van der Waals surface area (Å²) in [7, 11) is 0. The number of halogens is 4. The Labute approximate surface area is 226 Å². The summed E-state index contributed by atoms with van der Waals surface area (Å²) in [5.41, 5.74) is 0.538. The minimum Gasteiger partial charge on any atom is -0.444 e. The number of amides is 2. The van der Waals surface area contributed by atoms with Crippen LogP contribution in [-0.2, 0) is 15.8 Å². The maximum atomic E-state index is 13.3. The molecular weight excluding hydrogens is 519 g/mol. The molecule has 2 aliphatic rings. The third-order valence-corrected chi connectivity index (χ3v) is 7.66. The lowest BCUT2D eigenvalue weighted by atomic mass is 9.85. The van der Waals surface area contributed by atoms with E-state index in [1.54, 1.807) is 63.8 Å². The Balaban J connectivity index is 1.71. The molecule has 0 radical (unpaired) electrons. The molecule has 1 atom stereocenters. The van der Waals surface area contributed by atoms with E-state index in [2.05, 4.69) is 5.32 Å². The standard InChI is InChI=1S/C28H33ClF3N3O3/c1-17-20(8-7-9-22(17)29)27(12-13-34(15-27)24(37)38-25(2,3)4)33-18-10-11-21-19(14-18)23(36)35(26(21,5)6)16-28(30,31)32/h7-11,14,33H,12-13,15-16H2,1-6H3. The van der Waals surface area contributed by atoms with Gasteiger partial charge in [0.15, 0.2) is 0 Å². The zero-order chi connectivity index (χ0) is 28.3. The highest BCUT2D eigenvalue weighted by molar-refractivity contribution is 6.31. The van der Waals surface area contributed by atoms with Crippen LogP contribution >= 0.6 is 11.6 Å². The molecule has 2 aromatic carbocycles. The van der Waals surface area contributed by atoms with Crippen molar-refractivity contribution in [1.82, 2.24) is 9.80 Å². The number of nitrogens with zero attached hydrogens (tertiary/aromatic N) is 2. The van der Waals surface area contributed by atoms with Crippen LogP contribution in [0.3, 0.4) is 0 Å². The van der Waals surface area contributed by atoms with Crippen LogP contribution in [0.1, 0.15) is 68.1 Å². The number of rotatable bonds is 4. The number of nitrogens with one attached hydrogen (secondary N) is 1. The molecule has 1 saturated heterocycles. The first kappa shape index (κ1) is 28.1. The summed E-state index contributed by atoms with van der Waals surface area (Å²) >= 11 is 6.46. The average Bonchev–Trinajstić information content (AvgIpc) is 3.28. The SMILES string of the molecule is Cc1c(Cl)cccc1C1(Nc2ccc3c(c2)C(=O)N(CC(F)(F)F)C3(C)C)CCN(C(=O)OC(C)(C)C)C1. The molecule has 6 nitrogen and oxygen atoms in total. The molecule has 0 saturated carbocycles. The molecule has 10 heteroatoms. The van der Waals surface area contributed by atoms with Crippen LogP contribution in [0.15, 0.2) is 36.4 Å². The molecule has 1 N–H and O–H groups in total. The van der Waals surface area contributed by atoms with Gasteiger partial charge < -0.3 is 19.9 Å². The molecule has 0 aromatic heterocycles.